The lowest BCUT2D eigenvalue weighted by molar-refractivity contribution is 0.0846. The van der Waals surface area contributed by atoms with Crippen LogP contribution in [-0.4, -0.2) is 5.78 Å². The average molecular weight is 257 g/mol. The summed E-state index contributed by atoms with van der Waals surface area (Å²) in [6.07, 6.45) is -0.458. The van der Waals surface area contributed by atoms with Gasteiger partial charge in [0.2, 0.25) is 0 Å². The predicted molar refractivity (Wildman–Crippen MR) is 69.6 cm³/mol. The molecule has 2 N–H and O–H groups in total. The molecule has 1 aliphatic heterocycles. The van der Waals surface area contributed by atoms with Crippen molar-refractivity contribution < 1.29 is 13.9 Å². The molecule has 2 aromatic rings. The van der Waals surface area contributed by atoms with E-state index < -0.39 is 6.10 Å². The first kappa shape index (κ1) is 11.7. The highest BCUT2D eigenvalue weighted by molar-refractivity contribution is 6.00. The highest BCUT2D eigenvalue weighted by Crippen LogP contribution is 2.36. The van der Waals surface area contributed by atoms with Crippen LogP contribution < -0.4 is 10.5 Å². The van der Waals surface area contributed by atoms with E-state index in [1.807, 2.05) is 0 Å². The number of fused-ring (bicyclic) bond motifs is 1. The molecule has 0 amide bonds. The Bertz CT molecular complexity index is 654. The SMILES string of the molecule is Nc1ccc2c(c1)OC(c1ccccc1F)CC2=O. The van der Waals surface area contributed by atoms with Crippen molar-refractivity contribution >= 4 is 11.5 Å². The standard InChI is InChI=1S/C15H12FNO2/c16-12-4-2-1-3-10(12)15-8-13(18)11-6-5-9(17)7-14(11)19-15/h1-7,15H,8,17H2. The maximum atomic E-state index is 13.7. The first-order chi connectivity index (χ1) is 9.15. The molecule has 0 spiro atoms. The molecule has 4 heteroatoms. The zero-order chi connectivity index (χ0) is 13.4. The quantitative estimate of drug-likeness (QED) is 0.798. The fourth-order valence-corrected chi connectivity index (χ4v) is 2.25. The van der Waals surface area contributed by atoms with Gasteiger partial charge in [0, 0.05) is 17.3 Å². The molecule has 0 aliphatic carbocycles. The van der Waals surface area contributed by atoms with E-state index in [0.717, 1.165) is 0 Å². The molecule has 1 unspecified atom stereocenters. The molecule has 0 saturated carbocycles. The van der Waals surface area contributed by atoms with E-state index >= 15 is 0 Å². The first-order valence-electron chi connectivity index (χ1n) is 5.99. The van der Waals surface area contributed by atoms with Gasteiger partial charge in [-0.05, 0) is 18.2 Å². The lowest BCUT2D eigenvalue weighted by atomic mass is 9.96. The van der Waals surface area contributed by atoms with Crippen LogP contribution >= 0.6 is 0 Å². The maximum Gasteiger partial charge on any atom is 0.170 e. The average Bonchev–Trinajstić information content (AvgIpc) is 2.38. The van der Waals surface area contributed by atoms with Crippen LogP contribution in [-0.2, 0) is 0 Å². The van der Waals surface area contributed by atoms with Crippen molar-refractivity contribution in [3.05, 3.63) is 59.4 Å². The number of ether oxygens (including phenoxy) is 1. The van der Waals surface area contributed by atoms with E-state index in [1.165, 1.54) is 6.07 Å². The zero-order valence-electron chi connectivity index (χ0n) is 10.1. The normalized spacial score (nSPS) is 17.7. The molecular formula is C15H12FNO2. The fourth-order valence-electron chi connectivity index (χ4n) is 2.25. The minimum absolute atomic E-state index is 0.0606. The van der Waals surface area contributed by atoms with Crippen molar-refractivity contribution in [2.75, 3.05) is 5.73 Å². The topological polar surface area (TPSA) is 52.3 Å². The molecule has 1 aliphatic rings. The Labute approximate surface area is 109 Å². The number of carbonyl (C=O) groups is 1. The second-order valence-electron chi connectivity index (χ2n) is 4.51. The monoisotopic (exact) mass is 257 g/mol. The van der Waals surface area contributed by atoms with E-state index in [1.54, 1.807) is 36.4 Å². The van der Waals surface area contributed by atoms with Crippen molar-refractivity contribution in [1.29, 1.82) is 0 Å². The van der Waals surface area contributed by atoms with Crippen LogP contribution in [0.5, 0.6) is 5.75 Å². The minimum Gasteiger partial charge on any atom is -0.484 e. The summed E-state index contributed by atoms with van der Waals surface area (Å²) in [4.78, 5) is 12.0. The van der Waals surface area contributed by atoms with Gasteiger partial charge in [0.05, 0.1) is 12.0 Å². The third-order valence-electron chi connectivity index (χ3n) is 3.20. The first-order valence-corrected chi connectivity index (χ1v) is 5.99. The Morgan fingerprint density at radius 3 is 2.79 bits per heavy atom. The van der Waals surface area contributed by atoms with E-state index in [4.69, 9.17) is 10.5 Å². The summed E-state index contributed by atoms with van der Waals surface area (Å²) < 4.78 is 19.4. The lowest BCUT2D eigenvalue weighted by Gasteiger charge is -2.25. The second kappa shape index (κ2) is 4.39. The van der Waals surface area contributed by atoms with Crippen LogP contribution in [0.15, 0.2) is 42.5 Å². The number of nitrogen functional groups attached to an aromatic ring is 1. The number of hydrogen-bond acceptors (Lipinski definition) is 3. The molecule has 0 saturated heterocycles. The third kappa shape index (κ3) is 2.05. The van der Waals surface area contributed by atoms with Gasteiger partial charge in [0.15, 0.2) is 5.78 Å². The van der Waals surface area contributed by atoms with Crippen LogP contribution in [0.3, 0.4) is 0 Å². The van der Waals surface area contributed by atoms with Crippen molar-refractivity contribution in [3.8, 4) is 5.75 Å². The van der Waals surface area contributed by atoms with Gasteiger partial charge in [-0.1, -0.05) is 18.2 Å². The van der Waals surface area contributed by atoms with E-state index in [-0.39, 0.29) is 18.0 Å². The number of ketones is 1. The largest absolute Gasteiger partial charge is 0.484 e. The smallest absolute Gasteiger partial charge is 0.170 e. The van der Waals surface area contributed by atoms with Crippen molar-refractivity contribution in [3.63, 3.8) is 0 Å². The number of carbonyl (C=O) groups excluding carboxylic acids is 1. The molecule has 0 radical (unpaired) electrons. The molecule has 96 valence electrons. The van der Waals surface area contributed by atoms with Crippen molar-refractivity contribution in [2.24, 2.45) is 0 Å². The molecule has 1 atom stereocenters. The second-order valence-corrected chi connectivity index (χ2v) is 4.51. The van der Waals surface area contributed by atoms with Gasteiger partial charge in [-0.2, -0.15) is 0 Å². The maximum absolute atomic E-state index is 13.7. The Balaban J connectivity index is 2.01. The Morgan fingerprint density at radius 1 is 1.21 bits per heavy atom. The van der Waals surface area contributed by atoms with Gasteiger partial charge in [0.25, 0.3) is 0 Å². The number of benzene rings is 2. The Kier molecular flexibility index (Phi) is 2.71. The molecule has 3 nitrogen and oxygen atoms in total. The Hall–Kier alpha value is -2.36. The minimum atomic E-state index is -0.594. The summed E-state index contributed by atoms with van der Waals surface area (Å²) in [5, 5.41) is 0. The van der Waals surface area contributed by atoms with Gasteiger partial charge in [-0.3, -0.25) is 4.79 Å². The van der Waals surface area contributed by atoms with E-state index in [0.29, 0.717) is 22.6 Å². The highest BCUT2D eigenvalue weighted by Gasteiger charge is 2.29. The van der Waals surface area contributed by atoms with Crippen molar-refractivity contribution in [2.45, 2.75) is 12.5 Å². The van der Waals surface area contributed by atoms with Crippen LogP contribution in [0.25, 0.3) is 0 Å². The summed E-state index contributed by atoms with van der Waals surface area (Å²) >= 11 is 0. The number of halogens is 1. The third-order valence-corrected chi connectivity index (χ3v) is 3.20. The van der Waals surface area contributed by atoms with Crippen LogP contribution in [0.1, 0.15) is 28.4 Å². The zero-order valence-corrected chi connectivity index (χ0v) is 10.1. The molecule has 0 aromatic heterocycles. The van der Waals surface area contributed by atoms with E-state index in [9.17, 15) is 9.18 Å². The molecule has 3 rings (SSSR count). The highest BCUT2D eigenvalue weighted by atomic mass is 19.1. The molecule has 2 aromatic carbocycles. The summed E-state index contributed by atoms with van der Waals surface area (Å²) in [6.45, 7) is 0. The van der Waals surface area contributed by atoms with Gasteiger partial charge in [-0.15, -0.1) is 0 Å². The number of rotatable bonds is 1. The molecule has 1 heterocycles. The van der Waals surface area contributed by atoms with Gasteiger partial charge >= 0.3 is 0 Å². The number of hydrogen-bond donors (Lipinski definition) is 1. The molecule has 19 heavy (non-hydrogen) atoms. The summed E-state index contributed by atoms with van der Waals surface area (Å²) in [5.41, 5.74) is 7.08. The van der Waals surface area contributed by atoms with Crippen LogP contribution in [0, 0.1) is 5.82 Å². The molecule has 0 fully saturated rings. The van der Waals surface area contributed by atoms with Crippen molar-refractivity contribution in [1.82, 2.24) is 0 Å². The molecular weight excluding hydrogens is 245 g/mol. The van der Waals surface area contributed by atoms with Gasteiger partial charge in [0.1, 0.15) is 17.7 Å². The van der Waals surface area contributed by atoms with Crippen LogP contribution in [0.2, 0.25) is 0 Å². The fraction of sp³-hybridized carbons (Fsp3) is 0.133. The predicted octanol–water partition coefficient (Wildman–Crippen LogP) is 3.11. The van der Waals surface area contributed by atoms with E-state index in [2.05, 4.69) is 0 Å². The summed E-state index contributed by atoms with van der Waals surface area (Å²) in [7, 11) is 0. The lowest BCUT2D eigenvalue weighted by Crippen LogP contribution is -2.21. The summed E-state index contributed by atoms with van der Waals surface area (Å²) in [6, 6.07) is 11.2. The van der Waals surface area contributed by atoms with Gasteiger partial charge < -0.3 is 10.5 Å². The Morgan fingerprint density at radius 2 is 2.00 bits per heavy atom. The van der Waals surface area contributed by atoms with Gasteiger partial charge in [-0.25, -0.2) is 4.39 Å². The summed E-state index contributed by atoms with van der Waals surface area (Å²) in [5.74, 6) is -0.00772. The molecule has 0 bridgehead atoms. The van der Waals surface area contributed by atoms with Crippen LogP contribution in [0.4, 0.5) is 10.1 Å². The number of Topliss-reactive ketones (excluding diaryl/α,β-unsaturated/α-hetero) is 1. The number of nitrogens with two attached hydrogens (primary N) is 1. The number of anilines is 1.